The Kier molecular flexibility index (Phi) is 4.46. The van der Waals surface area contributed by atoms with Crippen LogP contribution in [0, 0.1) is 10.1 Å². The second kappa shape index (κ2) is 6.80. The molecule has 0 atom stereocenters. The van der Waals surface area contributed by atoms with Gasteiger partial charge in [0.15, 0.2) is 17.2 Å². The SMILES string of the molecule is O=[N+]([O-])c1cc(S(=O)(=O)NN2CCCCC2)cc2c1Nc1ccccc1O2. The van der Waals surface area contributed by atoms with Gasteiger partial charge in [-0.3, -0.25) is 10.1 Å². The minimum absolute atomic E-state index is 0.0990. The van der Waals surface area contributed by atoms with E-state index in [4.69, 9.17) is 4.74 Å². The number of hydrazine groups is 1. The maximum atomic E-state index is 12.8. The highest BCUT2D eigenvalue weighted by molar-refractivity contribution is 7.89. The van der Waals surface area contributed by atoms with Crippen LogP contribution in [-0.2, 0) is 10.0 Å². The fourth-order valence-corrected chi connectivity index (χ4v) is 4.36. The molecular weight excluding hydrogens is 372 g/mol. The predicted molar refractivity (Wildman–Crippen MR) is 98.6 cm³/mol. The summed E-state index contributed by atoms with van der Waals surface area (Å²) >= 11 is 0. The molecule has 0 aromatic heterocycles. The van der Waals surface area contributed by atoms with E-state index < -0.39 is 14.9 Å². The lowest BCUT2D eigenvalue weighted by atomic mass is 10.2. The summed E-state index contributed by atoms with van der Waals surface area (Å²) in [7, 11) is -3.96. The van der Waals surface area contributed by atoms with Crippen molar-refractivity contribution >= 4 is 27.1 Å². The van der Waals surface area contributed by atoms with E-state index in [9.17, 15) is 18.5 Å². The minimum atomic E-state index is -3.96. The Hall–Kier alpha value is -2.69. The highest BCUT2D eigenvalue weighted by Gasteiger charge is 2.30. The number of ether oxygens (including phenoxy) is 1. The predicted octanol–water partition coefficient (Wildman–Crippen LogP) is 3.12. The summed E-state index contributed by atoms with van der Waals surface area (Å²) in [6.45, 7) is 1.22. The van der Waals surface area contributed by atoms with E-state index in [1.54, 1.807) is 29.3 Å². The van der Waals surface area contributed by atoms with Crippen molar-refractivity contribution in [3.8, 4) is 11.5 Å². The smallest absolute Gasteiger partial charge is 0.297 e. The van der Waals surface area contributed by atoms with Gasteiger partial charge in [-0.15, -0.1) is 4.83 Å². The number of rotatable bonds is 4. The quantitative estimate of drug-likeness (QED) is 0.520. The summed E-state index contributed by atoms with van der Waals surface area (Å²) in [5.41, 5.74) is 0.354. The van der Waals surface area contributed by atoms with Gasteiger partial charge in [0.2, 0.25) is 0 Å². The average Bonchev–Trinajstić information content (AvgIpc) is 2.65. The number of nitro benzene ring substituents is 1. The number of piperidine rings is 1. The van der Waals surface area contributed by atoms with Crippen LogP contribution in [0.3, 0.4) is 0 Å². The Balaban J connectivity index is 1.73. The summed E-state index contributed by atoms with van der Waals surface area (Å²) < 4.78 is 31.2. The van der Waals surface area contributed by atoms with Gasteiger partial charge >= 0.3 is 0 Å². The molecule has 10 heteroatoms. The first kappa shape index (κ1) is 17.7. The first-order valence-electron chi connectivity index (χ1n) is 8.58. The van der Waals surface area contributed by atoms with Crippen LogP contribution in [0.1, 0.15) is 19.3 Å². The number of nitrogens with zero attached hydrogens (tertiary/aromatic N) is 2. The second-order valence-electron chi connectivity index (χ2n) is 6.44. The lowest BCUT2D eigenvalue weighted by Gasteiger charge is -2.27. The molecule has 0 bridgehead atoms. The van der Waals surface area contributed by atoms with Crippen molar-refractivity contribution in [2.75, 3.05) is 18.4 Å². The van der Waals surface area contributed by atoms with Gasteiger partial charge in [-0.2, -0.15) is 0 Å². The van der Waals surface area contributed by atoms with Crippen molar-refractivity contribution in [2.45, 2.75) is 24.2 Å². The number of nitrogens with one attached hydrogen (secondary N) is 2. The van der Waals surface area contributed by atoms with Gasteiger partial charge in [-0.1, -0.05) is 18.6 Å². The molecule has 0 saturated carbocycles. The van der Waals surface area contributed by atoms with E-state index in [2.05, 4.69) is 10.1 Å². The van der Waals surface area contributed by atoms with Gasteiger partial charge in [0, 0.05) is 25.2 Å². The molecule has 2 aliphatic rings. The number of nitro groups is 1. The Morgan fingerprint density at radius 3 is 2.59 bits per heavy atom. The summed E-state index contributed by atoms with van der Waals surface area (Å²) in [5.74, 6) is 0.569. The largest absolute Gasteiger partial charge is 0.453 e. The Bertz CT molecular complexity index is 1000. The molecular formula is C17H18N4O5S. The molecule has 9 nitrogen and oxygen atoms in total. The van der Waals surface area contributed by atoms with Crippen molar-refractivity contribution in [1.29, 1.82) is 0 Å². The van der Waals surface area contributed by atoms with Crippen molar-refractivity contribution in [1.82, 2.24) is 9.84 Å². The van der Waals surface area contributed by atoms with Crippen LogP contribution < -0.4 is 14.9 Å². The molecule has 0 spiro atoms. The Morgan fingerprint density at radius 2 is 1.85 bits per heavy atom. The molecule has 1 saturated heterocycles. The van der Waals surface area contributed by atoms with E-state index in [1.807, 2.05) is 0 Å². The molecule has 0 amide bonds. The number of hydrogen-bond donors (Lipinski definition) is 2. The van der Waals surface area contributed by atoms with E-state index in [-0.39, 0.29) is 22.0 Å². The third kappa shape index (κ3) is 3.46. The fraction of sp³-hybridized carbons (Fsp3) is 0.294. The fourth-order valence-electron chi connectivity index (χ4n) is 3.20. The van der Waals surface area contributed by atoms with Crippen LogP contribution in [-0.4, -0.2) is 31.4 Å². The molecule has 2 aliphatic heterocycles. The topological polar surface area (TPSA) is 114 Å². The molecule has 2 aromatic carbocycles. The Labute approximate surface area is 156 Å². The molecule has 0 aliphatic carbocycles. The normalized spacial score (nSPS) is 16.6. The molecule has 27 heavy (non-hydrogen) atoms. The number of fused-ring (bicyclic) bond motifs is 2. The number of para-hydroxylation sites is 2. The number of hydrogen-bond acceptors (Lipinski definition) is 7. The first-order valence-corrected chi connectivity index (χ1v) is 10.1. The molecule has 142 valence electrons. The monoisotopic (exact) mass is 390 g/mol. The van der Waals surface area contributed by atoms with E-state index in [1.165, 1.54) is 6.07 Å². The molecule has 0 unspecified atom stereocenters. The van der Waals surface area contributed by atoms with Gasteiger partial charge in [0.1, 0.15) is 0 Å². The summed E-state index contributed by atoms with van der Waals surface area (Å²) in [4.78, 5) is 13.2. The molecule has 1 fully saturated rings. The summed E-state index contributed by atoms with van der Waals surface area (Å²) in [5, 5.41) is 16.1. The van der Waals surface area contributed by atoms with Crippen molar-refractivity contribution < 1.29 is 18.1 Å². The third-order valence-corrected chi connectivity index (χ3v) is 5.89. The maximum Gasteiger partial charge on any atom is 0.297 e. The van der Waals surface area contributed by atoms with Gasteiger partial charge in [0.05, 0.1) is 15.5 Å². The van der Waals surface area contributed by atoms with Crippen LogP contribution >= 0.6 is 0 Å². The molecule has 4 rings (SSSR count). The van der Waals surface area contributed by atoms with Crippen molar-refractivity contribution in [3.63, 3.8) is 0 Å². The lowest BCUT2D eigenvalue weighted by Crippen LogP contribution is -2.44. The van der Waals surface area contributed by atoms with Crippen molar-refractivity contribution in [3.05, 3.63) is 46.5 Å². The van der Waals surface area contributed by atoms with Crippen LogP contribution in [0.4, 0.5) is 17.1 Å². The molecule has 0 radical (unpaired) electrons. The minimum Gasteiger partial charge on any atom is -0.453 e. The molecule has 2 aromatic rings. The molecule has 2 N–H and O–H groups in total. The van der Waals surface area contributed by atoms with Gasteiger partial charge in [-0.05, 0) is 25.0 Å². The van der Waals surface area contributed by atoms with Gasteiger partial charge in [0.25, 0.3) is 15.7 Å². The average molecular weight is 390 g/mol. The van der Waals surface area contributed by atoms with Crippen LogP contribution in [0.5, 0.6) is 11.5 Å². The van der Waals surface area contributed by atoms with Crippen molar-refractivity contribution in [2.24, 2.45) is 0 Å². The highest BCUT2D eigenvalue weighted by Crippen LogP contribution is 2.47. The standard InChI is InChI=1S/C17H18N4O5S/c22-21(23)14-10-12(27(24,25)19-20-8-4-1-5-9-20)11-16-17(14)18-13-6-2-3-7-15(13)26-16/h2-3,6-7,10-11,18-19H,1,4-5,8-9H2. The summed E-state index contributed by atoms with van der Waals surface area (Å²) in [6, 6.07) is 9.31. The summed E-state index contributed by atoms with van der Waals surface area (Å²) in [6.07, 6.45) is 2.86. The zero-order valence-electron chi connectivity index (χ0n) is 14.3. The molecule has 2 heterocycles. The number of benzene rings is 2. The third-order valence-electron chi connectivity index (χ3n) is 4.53. The second-order valence-corrected chi connectivity index (χ2v) is 8.10. The Morgan fingerprint density at radius 1 is 1.11 bits per heavy atom. The van der Waals surface area contributed by atoms with E-state index in [0.717, 1.165) is 25.3 Å². The van der Waals surface area contributed by atoms with Crippen LogP contribution in [0.25, 0.3) is 0 Å². The van der Waals surface area contributed by atoms with Gasteiger partial charge in [-0.25, -0.2) is 13.4 Å². The van der Waals surface area contributed by atoms with E-state index in [0.29, 0.717) is 24.5 Å². The van der Waals surface area contributed by atoms with Gasteiger partial charge < -0.3 is 10.1 Å². The number of anilines is 2. The number of sulfonamides is 1. The van der Waals surface area contributed by atoms with Crippen LogP contribution in [0.2, 0.25) is 0 Å². The zero-order chi connectivity index (χ0) is 19.0. The van der Waals surface area contributed by atoms with E-state index >= 15 is 0 Å². The maximum absolute atomic E-state index is 12.8. The zero-order valence-corrected chi connectivity index (χ0v) is 15.2. The first-order chi connectivity index (χ1) is 12.9. The van der Waals surface area contributed by atoms with Crippen LogP contribution in [0.15, 0.2) is 41.3 Å². The highest BCUT2D eigenvalue weighted by atomic mass is 32.2. The lowest BCUT2D eigenvalue weighted by molar-refractivity contribution is -0.384.